The quantitative estimate of drug-likeness (QED) is 0.00552. The van der Waals surface area contributed by atoms with Crippen LogP contribution in [-0.4, -0.2) is 119 Å². The molecule has 0 aliphatic carbocycles. The smallest absolute Gasteiger partial charge is 0.462 e. The van der Waals surface area contributed by atoms with Crippen LogP contribution < -0.4 is 0 Å². The second-order valence-electron chi connectivity index (χ2n) is 26.8. The molecule has 7 atom stereocenters. The van der Waals surface area contributed by atoms with Crippen LogP contribution in [-0.2, 0) is 75.1 Å². The summed E-state index contributed by atoms with van der Waals surface area (Å²) in [7, 11) is -10.0. The Balaban J connectivity index is 5.49. The van der Waals surface area contributed by atoms with Gasteiger partial charge in [-0.2, -0.15) is 0 Å². The molecule has 0 aliphatic heterocycles. The van der Waals surface area contributed by atoms with Crippen LogP contribution >= 0.6 is 15.6 Å². The zero-order valence-corrected chi connectivity index (χ0v) is 66.3. The molecular weight excluding hydrogens is 1370 g/mol. The molecule has 0 rings (SSSR count). The molecule has 0 radical (unpaired) electrons. The van der Waals surface area contributed by atoms with Crippen molar-refractivity contribution in [3.05, 3.63) is 97.2 Å². The Morgan fingerprint density at radius 3 is 0.933 bits per heavy atom. The van der Waals surface area contributed by atoms with Gasteiger partial charge in [0.25, 0.3) is 0 Å². The van der Waals surface area contributed by atoms with Crippen LogP contribution in [0.1, 0.15) is 323 Å². The van der Waals surface area contributed by atoms with E-state index in [1.807, 2.05) is 36.5 Å². The van der Waals surface area contributed by atoms with E-state index in [4.69, 9.17) is 47.6 Å². The van der Waals surface area contributed by atoms with E-state index < -0.39 is 97.5 Å². The van der Waals surface area contributed by atoms with Crippen LogP contribution in [0.15, 0.2) is 97.2 Å². The first-order valence-electron chi connectivity index (χ1n) is 40.0. The first kappa shape index (κ1) is 99.8. The minimum absolute atomic E-state index is 0.0254. The van der Waals surface area contributed by atoms with Gasteiger partial charge in [0.05, 0.1) is 26.4 Å². The maximum absolute atomic E-state index is 13.1. The van der Waals surface area contributed by atoms with Crippen LogP contribution in [0.25, 0.3) is 0 Å². The molecular formula is C81H142O21P2. The van der Waals surface area contributed by atoms with Gasteiger partial charge in [0.1, 0.15) is 31.5 Å². The van der Waals surface area contributed by atoms with Crippen molar-refractivity contribution in [3.8, 4) is 0 Å². The van der Waals surface area contributed by atoms with Gasteiger partial charge in [-0.25, -0.2) is 18.9 Å². The lowest BCUT2D eigenvalue weighted by Crippen LogP contribution is -2.30. The van der Waals surface area contributed by atoms with Gasteiger partial charge in [-0.1, -0.05) is 266 Å². The molecule has 21 nitrogen and oxygen atoms in total. The van der Waals surface area contributed by atoms with E-state index in [2.05, 4.69) is 98.2 Å². The van der Waals surface area contributed by atoms with Gasteiger partial charge in [-0.3, -0.25) is 47.8 Å². The van der Waals surface area contributed by atoms with Crippen molar-refractivity contribution in [2.75, 3.05) is 39.6 Å². The summed E-state index contributed by atoms with van der Waals surface area (Å²) >= 11 is 0. The van der Waals surface area contributed by atoms with Gasteiger partial charge >= 0.3 is 39.5 Å². The number of carbonyl (C=O) groups excluding carboxylic acids is 4. The van der Waals surface area contributed by atoms with Crippen LogP contribution in [0.2, 0.25) is 0 Å². The Morgan fingerprint density at radius 1 is 0.327 bits per heavy atom. The highest BCUT2D eigenvalue weighted by atomic mass is 31.2. The second kappa shape index (κ2) is 74.3. The van der Waals surface area contributed by atoms with Gasteiger partial charge in [0, 0.05) is 25.7 Å². The summed E-state index contributed by atoms with van der Waals surface area (Å²) in [4.78, 5) is 82.1. The molecule has 0 aromatic carbocycles. The van der Waals surface area contributed by atoms with E-state index in [9.17, 15) is 43.2 Å². The molecule has 5 N–H and O–H groups in total. The molecule has 0 aliphatic rings. The summed E-state index contributed by atoms with van der Waals surface area (Å²) in [6.45, 7) is 4.39. The summed E-state index contributed by atoms with van der Waals surface area (Å²) < 4.78 is 68.5. The van der Waals surface area contributed by atoms with E-state index >= 15 is 0 Å². The van der Waals surface area contributed by atoms with Gasteiger partial charge in [-0.05, 0) is 128 Å². The molecule has 0 heterocycles. The highest BCUT2D eigenvalue weighted by molar-refractivity contribution is 7.47. The number of allylic oxidation sites excluding steroid dienone is 14. The number of aliphatic hydroxyl groups is 1. The number of phosphoric ester groups is 2. The Hall–Kier alpha value is -4.18. The van der Waals surface area contributed by atoms with E-state index in [1.54, 1.807) is 0 Å². The molecule has 0 aromatic rings. The zero-order valence-electron chi connectivity index (χ0n) is 64.6. The lowest BCUT2D eigenvalue weighted by molar-refractivity contribution is -0.267. The molecule has 4 unspecified atom stereocenters. The number of aliphatic hydroxyl groups excluding tert-OH is 1. The molecule has 0 spiro atoms. The van der Waals surface area contributed by atoms with Crippen molar-refractivity contribution in [1.29, 1.82) is 0 Å². The number of hydrogen-bond donors (Lipinski definition) is 5. The van der Waals surface area contributed by atoms with Crippen LogP contribution in [0.4, 0.5) is 0 Å². The number of hydrogen-bond acceptors (Lipinski definition) is 19. The van der Waals surface area contributed by atoms with E-state index in [-0.39, 0.29) is 37.9 Å². The lowest BCUT2D eigenvalue weighted by Gasteiger charge is -2.21. The van der Waals surface area contributed by atoms with Crippen molar-refractivity contribution < 1.29 is 101 Å². The average molecular weight is 1510 g/mol. The van der Waals surface area contributed by atoms with Gasteiger partial charge in [0.15, 0.2) is 12.2 Å². The zero-order chi connectivity index (χ0) is 76.4. The first-order valence-corrected chi connectivity index (χ1v) is 43.0. The molecule has 0 aromatic heterocycles. The van der Waals surface area contributed by atoms with E-state index in [0.717, 1.165) is 205 Å². The third-order valence-corrected chi connectivity index (χ3v) is 18.8. The normalized spacial score (nSPS) is 15.0. The fourth-order valence-corrected chi connectivity index (χ4v) is 12.2. The molecule has 0 bridgehead atoms. The lowest BCUT2D eigenvalue weighted by atomic mass is 10.1. The van der Waals surface area contributed by atoms with Crippen molar-refractivity contribution >= 4 is 39.5 Å². The summed E-state index contributed by atoms with van der Waals surface area (Å²) in [6.07, 6.45) is 68.4. The van der Waals surface area contributed by atoms with Crippen LogP contribution in [0.5, 0.6) is 0 Å². The maximum atomic E-state index is 13.1. The third kappa shape index (κ3) is 70.8. The summed E-state index contributed by atoms with van der Waals surface area (Å²) in [6, 6.07) is 0. The average Bonchev–Trinajstić information content (AvgIpc) is 0.969. The van der Waals surface area contributed by atoms with Crippen LogP contribution in [0.3, 0.4) is 0 Å². The number of unbranched alkanes of at least 4 members (excludes halogenated alkanes) is 30. The fraction of sp³-hybridized carbons (Fsp3) is 0.753. The summed E-state index contributed by atoms with van der Waals surface area (Å²) in [5, 5.41) is 28.9. The Morgan fingerprint density at radius 2 is 0.606 bits per heavy atom. The topological polar surface area (TPSA) is 296 Å². The summed E-state index contributed by atoms with van der Waals surface area (Å²) in [5.41, 5.74) is 0. The highest BCUT2D eigenvalue weighted by Gasteiger charge is 2.30. The van der Waals surface area contributed by atoms with E-state index in [1.165, 1.54) is 38.5 Å². The number of phosphoric acid groups is 2. The first-order chi connectivity index (χ1) is 50.5. The Labute approximate surface area is 627 Å². The van der Waals surface area contributed by atoms with Crippen molar-refractivity contribution in [1.82, 2.24) is 0 Å². The number of ether oxygens (including phenoxy) is 4. The number of carbonyl (C=O) groups is 4. The Kier molecular flexibility index (Phi) is 71.3. The Bertz CT molecular complexity index is 2390. The summed E-state index contributed by atoms with van der Waals surface area (Å²) in [5.74, 6) is -2.34. The van der Waals surface area contributed by atoms with Crippen LogP contribution in [0, 0.1) is 0 Å². The largest absolute Gasteiger partial charge is 0.472 e. The van der Waals surface area contributed by atoms with Gasteiger partial charge in [-0.15, -0.1) is 0 Å². The minimum atomic E-state index is -5.02. The van der Waals surface area contributed by atoms with E-state index in [0.29, 0.717) is 25.7 Å². The predicted molar refractivity (Wildman–Crippen MR) is 414 cm³/mol. The van der Waals surface area contributed by atoms with Crippen molar-refractivity contribution in [2.45, 2.75) is 354 Å². The standard InChI is InChI=1S/C81H142O21P2/c1-5-9-13-15-17-19-21-23-25-27-29-35-41-47-55-63-78(83)93-69-76(99-80(85)65-57-49-43-36-30-28-26-24-22-20-18-16-14-10-6-2)71-97-103(89,90)95-67-73(82)68-96-104(91,92)98-72-77(100-81(86)66-58-50-44-38-32-34-40-46-54-62-75(102-88)60-52-12-8-4)70-94-79(84)64-56-48-42-37-31-33-39-45-53-61-74(101-87)59-51-11-7-3/h17-20,23-26,39-40,45-46,53-54,61-62,73-77,82,87-88H,5-16,21-22,27-38,41-44,47-52,55-60,63-72H2,1-4H3,(H,89,90)(H,91,92)/b19-17-,20-18-,25-23-,26-24-,45-39-,46-40-,61-53+,62-54+/t73-,74?,75?,76+,77+/m0/s1. The van der Waals surface area contributed by atoms with Crippen molar-refractivity contribution in [2.24, 2.45) is 0 Å². The highest BCUT2D eigenvalue weighted by Crippen LogP contribution is 2.45. The maximum Gasteiger partial charge on any atom is 0.472 e. The molecule has 104 heavy (non-hydrogen) atoms. The monoisotopic (exact) mass is 1510 g/mol. The molecule has 0 saturated heterocycles. The molecule has 23 heteroatoms. The molecule has 0 amide bonds. The third-order valence-electron chi connectivity index (χ3n) is 16.9. The fourth-order valence-electron chi connectivity index (χ4n) is 10.6. The number of esters is 4. The SMILES string of the molecule is CCCCC/C=C\C/C=C\CCCCCCCC(=O)OC[C@H](COP(=O)(O)OC[C@H](O)COP(=O)(O)OC[C@@H](COC(=O)CCCCCCC/C=C\C=C\C(CCCCC)OO)OC(=O)CCCCCCC/C=C\C=C\C(CCCCC)OO)OC(=O)CCCCCCC/C=C\C/C=C\CCCCC. The minimum Gasteiger partial charge on any atom is -0.462 e. The second-order valence-corrected chi connectivity index (χ2v) is 29.8. The molecule has 0 saturated carbocycles. The number of rotatable bonds is 76. The van der Waals surface area contributed by atoms with Gasteiger partial charge in [0.2, 0.25) is 0 Å². The predicted octanol–water partition coefficient (Wildman–Crippen LogP) is 21.7. The van der Waals surface area contributed by atoms with Gasteiger partial charge < -0.3 is 33.8 Å². The molecule has 602 valence electrons. The molecule has 0 fully saturated rings. The van der Waals surface area contributed by atoms with Crippen molar-refractivity contribution in [3.63, 3.8) is 0 Å².